The molecule has 2 aromatic carbocycles. The number of hydrogen-bond acceptors (Lipinski definition) is 5. The molecule has 4 rings (SSSR count). The summed E-state index contributed by atoms with van der Waals surface area (Å²) < 4.78 is 85.8. The summed E-state index contributed by atoms with van der Waals surface area (Å²) in [4.78, 5) is 3.68. The van der Waals surface area contributed by atoms with Crippen LogP contribution in [0.2, 0.25) is 0 Å². The smallest absolute Gasteiger partial charge is 0.434 e. The number of rotatable bonds is 4. The van der Waals surface area contributed by atoms with Crippen LogP contribution >= 0.6 is 11.3 Å². The Kier molecular flexibility index (Phi) is 9.94. The summed E-state index contributed by atoms with van der Waals surface area (Å²) in [5.74, 6) is 1.08. The van der Waals surface area contributed by atoms with E-state index in [9.17, 15) is 26.3 Å². The second kappa shape index (κ2) is 12.3. The molecule has 3 aromatic rings. The SMILES string of the molecule is C=Cc1sc(-c2ccc3c(c2)OCO3)nc1C(F)(F)F.CC.CNC(C)c1cccc(C(F)(F)F)c1. The molecule has 0 amide bonds. The topological polar surface area (TPSA) is 43.4 Å². The maximum Gasteiger partial charge on any atom is 0.434 e. The third kappa shape index (κ3) is 7.23. The molecule has 2 heterocycles. The van der Waals surface area contributed by atoms with E-state index in [2.05, 4.69) is 16.9 Å². The van der Waals surface area contributed by atoms with Crippen molar-refractivity contribution in [3.05, 3.63) is 70.7 Å². The third-order valence-electron chi connectivity index (χ3n) is 4.87. The zero-order chi connectivity index (χ0) is 27.1. The van der Waals surface area contributed by atoms with Crippen molar-refractivity contribution >= 4 is 17.4 Å². The van der Waals surface area contributed by atoms with Crippen LogP contribution < -0.4 is 14.8 Å². The molecular weight excluding hydrogens is 506 g/mol. The van der Waals surface area contributed by atoms with Crippen molar-refractivity contribution in [2.45, 2.75) is 39.2 Å². The molecule has 0 radical (unpaired) electrons. The summed E-state index contributed by atoms with van der Waals surface area (Å²) in [6, 6.07) is 10.2. The second-order valence-electron chi connectivity index (χ2n) is 7.14. The van der Waals surface area contributed by atoms with Gasteiger partial charge in [-0.2, -0.15) is 26.3 Å². The first-order valence-corrected chi connectivity index (χ1v) is 11.7. The van der Waals surface area contributed by atoms with Gasteiger partial charge in [-0.05, 0) is 55.9 Å². The molecule has 1 N–H and O–H groups in total. The lowest BCUT2D eigenvalue weighted by molar-refractivity contribution is -0.141. The predicted molar refractivity (Wildman–Crippen MR) is 129 cm³/mol. The number of benzene rings is 2. The first-order chi connectivity index (χ1) is 16.9. The fourth-order valence-electron chi connectivity index (χ4n) is 2.98. The minimum absolute atomic E-state index is 0.00478. The van der Waals surface area contributed by atoms with Crippen molar-refractivity contribution < 1.29 is 35.8 Å². The van der Waals surface area contributed by atoms with Gasteiger partial charge in [-0.25, -0.2) is 4.98 Å². The summed E-state index contributed by atoms with van der Waals surface area (Å²) >= 11 is 0.939. The van der Waals surface area contributed by atoms with Crippen molar-refractivity contribution in [1.29, 1.82) is 0 Å². The van der Waals surface area contributed by atoms with Gasteiger partial charge in [-0.1, -0.05) is 32.6 Å². The van der Waals surface area contributed by atoms with Crippen molar-refractivity contribution in [2.24, 2.45) is 0 Å². The highest BCUT2D eigenvalue weighted by molar-refractivity contribution is 7.16. The van der Waals surface area contributed by atoms with Crippen LogP contribution in [0.3, 0.4) is 0 Å². The summed E-state index contributed by atoms with van der Waals surface area (Å²) in [6.45, 7) is 9.32. The van der Waals surface area contributed by atoms with Crippen LogP contribution in [-0.4, -0.2) is 18.8 Å². The van der Waals surface area contributed by atoms with Crippen LogP contribution in [0.25, 0.3) is 16.6 Å². The lowest BCUT2D eigenvalue weighted by Gasteiger charge is -2.13. The Hall–Kier alpha value is -3.05. The minimum Gasteiger partial charge on any atom is -0.454 e. The largest absolute Gasteiger partial charge is 0.454 e. The number of hydrogen-bond donors (Lipinski definition) is 1. The van der Waals surface area contributed by atoms with Crippen LogP contribution in [-0.2, 0) is 12.4 Å². The second-order valence-corrected chi connectivity index (χ2v) is 8.17. The predicted octanol–water partition coefficient (Wildman–Crippen LogP) is 8.21. The summed E-state index contributed by atoms with van der Waals surface area (Å²) in [5, 5.41) is 3.16. The van der Waals surface area contributed by atoms with E-state index in [4.69, 9.17) is 9.47 Å². The van der Waals surface area contributed by atoms with Gasteiger partial charge < -0.3 is 14.8 Å². The average molecular weight is 533 g/mol. The van der Waals surface area contributed by atoms with E-state index in [0.717, 1.165) is 23.5 Å². The molecule has 0 spiro atoms. The van der Waals surface area contributed by atoms with Crippen LogP contribution in [0.5, 0.6) is 11.5 Å². The number of nitrogens with zero attached hydrogens (tertiary/aromatic N) is 1. The van der Waals surface area contributed by atoms with Gasteiger partial charge in [-0.3, -0.25) is 0 Å². The van der Waals surface area contributed by atoms with Crippen molar-refractivity contribution in [3.8, 4) is 22.1 Å². The number of halogens is 6. The first kappa shape index (κ1) is 29.2. The van der Waals surface area contributed by atoms with Gasteiger partial charge in [0, 0.05) is 11.6 Å². The number of thiazole rings is 1. The molecule has 0 bridgehead atoms. The summed E-state index contributed by atoms with van der Waals surface area (Å²) in [5.41, 5.74) is -0.317. The van der Waals surface area contributed by atoms with Gasteiger partial charge in [0.05, 0.1) is 10.4 Å². The maximum atomic E-state index is 12.8. The fourth-order valence-corrected chi connectivity index (χ4v) is 3.91. The molecule has 1 atom stereocenters. The highest BCUT2D eigenvalue weighted by Gasteiger charge is 2.37. The Bertz CT molecular complexity index is 1160. The van der Waals surface area contributed by atoms with E-state index in [0.29, 0.717) is 22.6 Å². The molecule has 0 saturated carbocycles. The van der Waals surface area contributed by atoms with Crippen LogP contribution in [0.1, 0.15) is 48.5 Å². The molecule has 1 aliphatic rings. The Morgan fingerprint density at radius 3 is 2.22 bits per heavy atom. The van der Waals surface area contributed by atoms with Gasteiger partial charge in [0.2, 0.25) is 6.79 Å². The molecule has 0 saturated heterocycles. The van der Waals surface area contributed by atoms with Gasteiger partial charge >= 0.3 is 12.4 Å². The van der Waals surface area contributed by atoms with E-state index >= 15 is 0 Å². The van der Waals surface area contributed by atoms with E-state index in [1.807, 2.05) is 20.8 Å². The average Bonchev–Trinajstić information content (AvgIpc) is 3.51. The number of nitrogens with one attached hydrogen (secondary N) is 1. The van der Waals surface area contributed by atoms with E-state index in [1.54, 1.807) is 31.3 Å². The normalized spacial score (nSPS) is 13.2. The zero-order valence-corrected chi connectivity index (χ0v) is 20.9. The van der Waals surface area contributed by atoms with Gasteiger partial charge in [-0.15, -0.1) is 11.3 Å². The van der Waals surface area contributed by atoms with Crippen molar-refractivity contribution in [2.75, 3.05) is 13.8 Å². The number of aromatic nitrogens is 1. The van der Waals surface area contributed by atoms with E-state index in [-0.39, 0.29) is 22.7 Å². The van der Waals surface area contributed by atoms with Gasteiger partial charge in [0.15, 0.2) is 17.2 Å². The molecule has 36 heavy (non-hydrogen) atoms. The van der Waals surface area contributed by atoms with Crippen molar-refractivity contribution in [1.82, 2.24) is 10.3 Å². The molecule has 4 nitrogen and oxygen atoms in total. The molecule has 11 heteroatoms. The fraction of sp³-hybridized carbons (Fsp3) is 0.320. The molecule has 1 unspecified atom stereocenters. The Morgan fingerprint density at radius 2 is 1.67 bits per heavy atom. The highest BCUT2D eigenvalue weighted by atomic mass is 32.1. The van der Waals surface area contributed by atoms with Crippen LogP contribution in [0, 0.1) is 0 Å². The molecular formula is C25H26F6N2O2S. The monoisotopic (exact) mass is 532 g/mol. The van der Waals surface area contributed by atoms with Gasteiger partial charge in [0.25, 0.3) is 0 Å². The number of ether oxygens (including phenoxy) is 2. The Morgan fingerprint density at radius 1 is 1.00 bits per heavy atom. The van der Waals surface area contributed by atoms with E-state index in [1.165, 1.54) is 12.1 Å². The molecule has 196 valence electrons. The lowest BCUT2D eigenvalue weighted by Crippen LogP contribution is -2.13. The van der Waals surface area contributed by atoms with Crippen LogP contribution in [0.15, 0.2) is 49.0 Å². The minimum atomic E-state index is -4.49. The molecule has 1 aliphatic heterocycles. The van der Waals surface area contributed by atoms with E-state index < -0.39 is 23.6 Å². The maximum absolute atomic E-state index is 12.8. The number of fused-ring (bicyclic) bond motifs is 1. The first-order valence-electron chi connectivity index (χ1n) is 10.9. The summed E-state index contributed by atoms with van der Waals surface area (Å²) in [6.07, 6.45) is -7.59. The van der Waals surface area contributed by atoms with Crippen molar-refractivity contribution in [3.63, 3.8) is 0 Å². The van der Waals surface area contributed by atoms with Gasteiger partial charge in [0.1, 0.15) is 5.01 Å². The molecule has 1 aromatic heterocycles. The third-order valence-corrected chi connectivity index (χ3v) is 5.97. The molecule has 0 fully saturated rings. The Balaban J connectivity index is 0.000000252. The number of alkyl halides is 6. The quantitative estimate of drug-likeness (QED) is 0.344. The Labute approximate surface area is 209 Å². The summed E-state index contributed by atoms with van der Waals surface area (Å²) in [7, 11) is 1.71. The lowest BCUT2D eigenvalue weighted by atomic mass is 10.1. The van der Waals surface area contributed by atoms with Crippen LogP contribution in [0.4, 0.5) is 26.3 Å². The zero-order valence-electron chi connectivity index (χ0n) is 20.1. The highest BCUT2D eigenvalue weighted by Crippen LogP contribution is 2.41. The standard InChI is InChI=1S/C13H8F3NO2S.C10H12F3N.C2H6/c1-2-10-11(13(14,15)16)17-12(20-10)7-3-4-8-9(5-7)19-6-18-8;1-7(14-2)8-4-3-5-9(6-8)10(11,12)13;1-2/h2-5H,1,6H2;3-7,14H,1-2H3;1-2H3. The molecule has 0 aliphatic carbocycles.